The lowest BCUT2D eigenvalue weighted by molar-refractivity contribution is 0.207. The van der Waals surface area contributed by atoms with E-state index in [9.17, 15) is 0 Å². The average molecular weight is 185 g/mol. The molecule has 0 aliphatic heterocycles. The van der Waals surface area contributed by atoms with E-state index in [1.165, 1.54) is 19.4 Å². The summed E-state index contributed by atoms with van der Waals surface area (Å²) in [5.74, 6) is 1.67. The van der Waals surface area contributed by atoms with Crippen LogP contribution in [0.2, 0.25) is 0 Å². The molecule has 0 spiro atoms. The van der Waals surface area contributed by atoms with Crippen LogP contribution in [0.25, 0.3) is 0 Å². The van der Waals surface area contributed by atoms with Gasteiger partial charge in [-0.25, -0.2) is 0 Å². The van der Waals surface area contributed by atoms with Crippen molar-refractivity contribution in [1.29, 1.82) is 0 Å². The minimum absolute atomic E-state index is 0.731. The van der Waals surface area contributed by atoms with Crippen molar-refractivity contribution in [3.05, 3.63) is 0 Å². The molecular weight excluding hydrogens is 158 g/mol. The molecular formula is C12H27N. The van der Waals surface area contributed by atoms with Crippen LogP contribution in [0.5, 0.6) is 0 Å². The maximum atomic E-state index is 2.48. The van der Waals surface area contributed by atoms with E-state index in [1.54, 1.807) is 0 Å². The average Bonchev–Trinajstić information content (AvgIpc) is 2.01. The summed E-state index contributed by atoms with van der Waals surface area (Å²) in [4.78, 5) is 2.48. The molecule has 0 aromatic heterocycles. The Hall–Kier alpha value is -0.0400. The van der Waals surface area contributed by atoms with Crippen molar-refractivity contribution < 1.29 is 0 Å². The topological polar surface area (TPSA) is 3.24 Å². The lowest BCUT2D eigenvalue weighted by Crippen LogP contribution is -2.32. The van der Waals surface area contributed by atoms with Crippen molar-refractivity contribution in [3.63, 3.8) is 0 Å². The number of nitrogens with zero attached hydrogens (tertiary/aromatic N) is 1. The fourth-order valence-electron chi connectivity index (χ4n) is 1.86. The van der Waals surface area contributed by atoms with Gasteiger partial charge in [-0.05, 0) is 38.6 Å². The molecule has 0 aliphatic carbocycles. The van der Waals surface area contributed by atoms with Crippen LogP contribution in [-0.4, -0.2) is 24.5 Å². The van der Waals surface area contributed by atoms with Gasteiger partial charge < -0.3 is 4.90 Å². The molecule has 80 valence electrons. The molecule has 0 radical (unpaired) electrons. The van der Waals surface area contributed by atoms with Gasteiger partial charge >= 0.3 is 0 Å². The first-order valence-electron chi connectivity index (χ1n) is 5.67. The highest BCUT2D eigenvalue weighted by molar-refractivity contribution is 4.65. The number of rotatable bonds is 6. The Kier molecular flexibility index (Phi) is 6.40. The second kappa shape index (κ2) is 6.42. The van der Waals surface area contributed by atoms with E-state index in [-0.39, 0.29) is 0 Å². The minimum atomic E-state index is 0.731. The molecule has 0 N–H and O–H groups in total. The van der Waals surface area contributed by atoms with Crippen LogP contribution in [0.3, 0.4) is 0 Å². The largest absolute Gasteiger partial charge is 0.303 e. The molecule has 2 atom stereocenters. The van der Waals surface area contributed by atoms with Gasteiger partial charge in [0, 0.05) is 12.6 Å². The zero-order valence-corrected chi connectivity index (χ0v) is 10.3. The third-order valence-corrected chi connectivity index (χ3v) is 2.82. The molecule has 0 bridgehead atoms. The summed E-state index contributed by atoms with van der Waals surface area (Å²) in [6, 6.07) is 0.731. The third kappa shape index (κ3) is 6.09. The number of hydrogen-bond acceptors (Lipinski definition) is 1. The second-order valence-corrected chi connectivity index (χ2v) is 4.93. The predicted octanol–water partition coefficient (Wildman–Crippen LogP) is 3.40. The first-order chi connectivity index (χ1) is 5.97. The first kappa shape index (κ1) is 13.0. The lowest BCUT2D eigenvalue weighted by atomic mass is 9.98. The summed E-state index contributed by atoms with van der Waals surface area (Å²) in [5, 5.41) is 0. The second-order valence-electron chi connectivity index (χ2n) is 4.93. The summed E-state index contributed by atoms with van der Waals surface area (Å²) in [7, 11) is 2.24. The lowest BCUT2D eigenvalue weighted by Gasteiger charge is -2.27. The monoisotopic (exact) mass is 185 g/mol. The summed E-state index contributed by atoms with van der Waals surface area (Å²) >= 11 is 0. The highest BCUT2D eigenvalue weighted by atomic mass is 15.1. The maximum Gasteiger partial charge on any atom is 0.00613 e. The van der Waals surface area contributed by atoms with E-state index in [1.807, 2.05) is 0 Å². The Balaban J connectivity index is 3.70. The van der Waals surface area contributed by atoms with E-state index in [4.69, 9.17) is 0 Å². The van der Waals surface area contributed by atoms with Crippen LogP contribution in [0, 0.1) is 11.8 Å². The van der Waals surface area contributed by atoms with Crippen molar-refractivity contribution in [3.8, 4) is 0 Å². The molecule has 0 aliphatic rings. The van der Waals surface area contributed by atoms with Crippen LogP contribution < -0.4 is 0 Å². The Labute approximate surface area is 84.5 Å². The maximum absolute atomic E-state index is 2.48. The van der Waals surface area contributed by atoms with Gasteiger partial charge in [0.15, 0.2) is 0 Å². The Morgan fingerprint density at radius 2 is 1.62 bits per heavy atom. The molecule has 0 fully saturated rings. The summed E-state index contributed by atoms with van der Waals surface area (Å²) < 4.78 is 0. The SMILES string of the molecule is CCC(C)N(C)CC(C)CC(C)C. The Morgan fingerprint density at radius 1 is 1.08 bits per heavy atom. The summed E-state index contributed by atoms with van der Waals surface area (Å²) in [5.41, 5.74) is 0. The summed E-state index contributed by atoms with van der Waals surface area (Å²) in [6.45, 7) is 12.8. The van der Waals surface area contributed by atoms with Crippen LogP contribution in [0.15, 0.2) is 0 Å². The van der Waals surface area contributed by atoms with Crippen molar-refractivity contribution in [1.82, 2.24) is 4.90 Å². The van der Waals surface area contributed by atoms with Gasteiger partial charge in [-0.3, -0.25) is 0 Å². The van der Waals surface area contributed by atoms with Crippen molar-refractivity contribution in [2.24, 2.45) is 11.8 Å². The number of hydrogen-bond donors (Lipinski definition) is 0. The normalized spacial score (nSPS) is 16.6. The van der Waals surface area contributed by atoms with Crippen LogP contribution >= 0.6 is 0 Å². The van der Waals surface area contributed by atoms with Gasteiger partial charge in [0.1, 0.15) is 0 Å². The predicted molar refractivity (Wildman–Crippen MR) is 61.0 cm³/mol. The third-order valence-electron chi connectivity index (χ3n) is 2.82. The van der Waals surface area contributed by atoms with E-state index in [2.05, 4.69) is 46.6 Å². The fourth-order valence-corrected chi connectivity index (χ4v) is 1.86. The van der Waals surface area contributed by atoms with Gasteiger partial charge in [-0.2, -0.15) is 0 Å². The molecule has 0 saturated heterocycles. The zero-order valence-electron chi connectivity index (χ0n) is 10.3. The van der Waals surface area contributed by atoms with E-state index < -0.39 is 0 Å². The van der Waals surface area contributed by atoms with Gasteiger partial charge in [0.2, 0.25) is 0 Å². The Morgan fingerprint density at radius 3 is 2.00 bits per heavy atom. The van der Waals surface area contributed by atoms with Crippen LogP contribution in [0.1, 0.15) is 47.5 Å². The molecule has 0 heterocycles. The molecule has 2 unspecified atom stereocenters. The van der Waals surface area contributed by atoms with E-state index >= 15 is 0 Å². The van der Waals surface area contributed by atoms with Crippen molar-refractivity contribution >= 4 is 0 Å². The van der Waals surface area contributed by atoms with Gasteiger partial charge in [-0.15, -0.1) is 0 Å². The highest BCUT2D eigenvalue weighted by Crippen LogP contribution is 2.13. The minimum Gasteiger partial charge on any atom is -0.303 e. The standard InChI is InChI=1S/C12H27N/c1-7-12(5)13(6)9-11(4)8-10(2)3/h10-12H,7-9H2,1-6H3. The van der Waals surface area contributed by atoms with Crippen molar-refractivity contribution in [2.45, 2.75) is 53.5 Å². The van der Waals surface area contributed by atoms with Crippen LogP contribution in [0.4, 0.5) is 0 Å². The molecule has 0 amide bonds. The molecule has 13 heavy (non-hydrogen) atoms. The fraction of sp³-hybridized carbons (Fsp3) is 1.00. The first-order valence-corrected chi connectivity index (χ1v) is 5.67. The molecule has 0 rings (SSSR count). The van der Waals surface area contributed by atoms with Crippen molar-refractivity contribution in [2.75, 3.05) is 13.6 Å². The Bertz CT molecular complexity index is 120. The molecule has 0 aromatic rings. The molecule has 1 heteroatoms. The van der Waals surface area contributed by atoms with Gasteiger partial charge in [-0.1, -0.05) is 27.7 Å². The van der Waals surface area contributed by atoms with Gasteiger partial charge in [0.05, 0.1) is 0 Å². The van der Waals surface area contributed by atoms with Gasteiger partial charge in [0.25, 0.3) is 0 Å². The zero-order chi connectivity index (χ0) is 10.4. The highest BCUT2D eigenvalue weighted by Gasteiger charge is 2.11. The van der Waals surface area contributed by atoms with Crippen LogP contribution in [-0.2, 0) is 0 Å². The molecule has 0 aromatic carbocycles. The smallest absolute Gasteiger partial charge is 0.00613 e. The van der Waals surface area contributed by atoms with E-state index in [0.29, 0.717) is 0 Å². The summed E-state index contributed by atoms with van der Waals surface area (Å²) in [6.07, 6.45) is 2.60. The molecule has 1 nitrogen and oxygen atoms in total. The molecule has 0 saturated carbocycles. The quantitative estimate of drug-likeness (QED) is 0.613. The van der Waals surface area contributed by atoms with E-state index in [0.717, 1.165) is 17.9 Å².